The molecule has 1 aromatic carbocycles. The van der Waals surface area contributed by atoms with Crippen molar-refractivity contribution in [3.63, 3.8) is 0 Å². The molecule has 0 fully saturated rings. The Bertz CT molecular complexity index is 702. The third kappa shape index (κ3) is 3.30. The number of hydrogen-bond acceptors (Lipinski definition) is 6. The molecule has 8 nitrogen and oxygen atoms in total. The summed E-state index contributed by atoms with van der Waals surface area (Å²) in [7, 11) is 0. The van der Waals surface area contributed by atoms with Crippen molar-refractivity contribution in [2.45, 2.75) is 13.5 Å². The Labute approximate surface area is 119 Å². The minimum atomic E-state index is -0.522. The van der Waals surface area contributed by atoms with Crippen LogP contribution in [0, 0.1) is 27.2 Å². The largest absolute Gasteiger partial charge is 0.366 e. The molecule has 0 spiro atoms. The lowest BCUT2D eigenvalue weighted by atomic mass is 10.2. The zero-order valence-corrected chi connectivity index (χ0v) is 11.1. The van der Waals surface area contributed by atoms with Gasteiger partial charge in [-0.15, -0.1) is 0 Å². The van der Waals surface area contributed by atoms with Crippen molar-refractivity contribution >= 4 is 17.2 Å². The number of rotatable bonds is 5. The van der Waals surface area contributed by atoms with Crippen LogP contribution in [0.4, 0.5) is 17.2 Å². The summed E-state index contributed by atoms with van der Waals surface area (Å²) >= 11 is 0. The molecule has 0 radical (unpaired) electrons. The first-order valence-corrected chi connectivity index (χ1v) is 6.06. The Morgan fingerprint density at radius 2 is 1.90 bits per heavy atom. The van der Waals surface area contributed by atoms with Crippen LogP contribution in [-0.2, 0) is 6.54 Å². The number of anilines is 1. The number of pyridine rings is 1. The van der Waals surface area contributed by atoms with Gasteiger partial charge in [-0.05, 0) is 12.5 Å². The van der Waals surface area contributed by atoms with Gasteiger partial charge in [-0.2, -0.15) is 0 Å². The topological polar surface area (TPSA) is 111 Å². The second kappa shape index (κ2) is 5.95. The van der Waals surface area contributed by atoms with Gasteiger partial charge in [0.2, 0.25) is 0 Å². The number of nitro benzene ring substituents is 1. The van der Waals surface area contributed by atoms with E-state index in [9.17, 15) is 20.2 Å². The maximum Gasteiger partial charge on any atom is 0.287 e. The Kier molecular flexibility index (Phi) is 4.07. The van der Waals surface area contributed by atoms with Crippen LogP contribution in [0.15, 0.2) is 36.5 Å². The van der Waals surface area contributed by atoms with Crippen molar-refractivity contribution in [3.05, 3.63) is 67.9 Å². The van der Waals surface area contributed by atoms with Gasteiger partial charge in [-0.1, -0.05) is 18.2 Å². The average molecular weight is 288 g/mol. The smallest absolute Gasteiger partial charge is 0.287 e. The molecule has 0 aliphatic rings. The van der Waals surface area contributed by atoms with E-state index in [-0.39, 0.29) is 17.9 Å². The highest BCUT2D eigenvalue weighted by Crippen LogP contribution is 2.21. The number of aromatic nitrogens is 1. The number of hydrogen-bond donors (Lipinski definition) is 1. The lowest BCUT2D eigenvalue weighted by Gasteiger charge is -2.08. The van der Waals surface area contributed by atoms with E-state index in [4.69, 9.17) is 0 Å². The average Bonchev–Trinajstić information content (AvgIpc) is 2.46. The van der Waals surface area contributed by atoms with E-state index in [0.29, 0.717) is 16.9 Å². The van der Waals surface area contributed by atoms with Crippen LogP contribution in [0.2, 0.25) is 0 Å². The molecule has 1 N–H and O–H groups in total. The first-order valence-electron chi connectivity index (χ1n) is 6.06. The highest BCUT2D eigenvalue weighted by Gasteiger charge is 2.13. The van der Waals surface area contributed by atoms with Crippen molar-refractivity contribution in [2.75, 3.05) is 5.32 Å². The molecule has 0 bridgehead atoms. The maximum atomic E-state index is 10.9. The number of para-hydroxylation sites is 1. The van der Waals surface area contributed by atoms with Gasteiger partial charge in [-0.3, -0.25) is 20.2 Å². The molecule has 0 unspecified atom stereocenters. The van der Waals surface area contributed by atoms with Crippen molar-refractivity contribution in [1.29, 1.82) is 0 Å². The van der Waals surface area contributed by atoms with Gasteiger partial charge in [0.15, 0.2) is 0 Å². The molecule has 0 saturated heterocycles. The Hall–Kier alpha value is -3.03. The maximum absolute atomic E-state index is 10.9. The van der Waals surface area contributed by atoms with E-state index < -0.39 is 9.85 Å². The van der Waals surface area contributed by atoms with Crippen molar-refractivity contribution in [1.82, 2.24) is 4.98 Å². The second-order valence-electron chi connectivity index (χ2n) is 4.36. The molecule has 8 heteroatoms. The van der Waals surface area contributed by atoms with Crippen LogP contribution >= 0.6 is 0 Å². The van der Waals surface area contributed by atoms with Crippen LogP contribution in [-0.4, -0.2) is 14.8 Å². The fourth-order valence-electron chi connectivity index (χ4n) is 1.86. The summed E-state index contributed by atoms with van der Waals surface area (Å²) in [5, 5.41) is 24.5. The second-order valence-corrected chi connectivity index (χ2v) is 4.36. The molecule has 2 rings (SSSR count). The van der Waals surface area contributed by atoms with Crippen molar-refractivity contribution in [3.8, 4) is 0 Å². The standard InChI is InChI=1S/C13H12N4O4/c1-9-6-11(16(18)19)8-15-13(9)14-7-10-4-2-3-5-12(10)17(20)21/h2-6,8H,7H2,1H3,(H,14,15). The van der Waals surface area contributed by atoms with Gasteiger partial charge in [0.25, 0.3) is 11.4 Å². The van der Waals surface area contributed by atoms with Crippen LogP contribution in [0.1, 0.15) is 11.1 Å². The van der Waals surface area contributed by atoms with E-state index in [1.54, 1.807) is 25.1 Å². The van der Waals surface area contributed by atoms with Crippen LogP contribution in [0.3, 0.4) is 0 Å². The van der Waals surface area contributed by atoms with Crippen LogP contribution < -0.4 is 5.32 Å². The minimum absolute atomic E-state index is 0.0181. The molecule has 0 saturated carbocycles. The van der Waals surface area contributed by atoms with E-state index in [1.807, 2.05) is 0 Å². The molecule has 2 aromatic rings. The van der Waals surface area contributed by atoms with E-state index >= 15 is 0 Å². The zero-order valence-electron chi connectivity index (χ0n) is 11.1. The molecule has 1 aromatic heterocycles. The van der Waals surface area contributed by atoms with Gasteiger partial charge in [0.05, 0.1) is 9.85 Å². The Morgan fingerprint density at radius 3 is 2.52 bits per heavy atom. The molecule has 0 atom stereocenters. The lowest BCUT2D eigenvalue weighted by Crippen LogP contribution is -2.06. The number of nitrogens with zero attached hydrogens (tertiary/aromatic N) is 3. The van der Waals surface area contributed by atoms with Crippen molar-refractivity contribution < 1.29 is 9.85 Å². The van der Waals surface area contributed by atoms with Crippen LogP contribution in [0.5, 0.6) is 0 Å². The molecule has 21 heavy (non-hydrogen) atoms. The molecule has 0 aliphatic carbocycles. The first kappa shape index (κ1) is 14.4. The summed E-state index contributed by atoms with van der Waals surface area (Å²) in [6.45, 7) is 1.89. The quantitative estimate of drug-likeness (QED) is 0.668. The van der Waals surface area contributed by atoms with Gasteiger partial charge < -0.3 is 5.32 Å². The minimum Gasteiger partial charge on any atom is -0.366 e. The van der Waals surface area contributed by atoms with E-state index in [2.05, 4.69) is 10.3 Å². The summed E-state index contributed by atoms with van der Waals surface area (Å²) in [5.74, 6) is 0.457. The van der Waals surface area contributed by atoms with Crippen molar-refractivity contribution in [2.24, 2.45) is 0 Å². The molecular formula is C13H12N4O4. The third-order valence-corrected chi connectivity index (χ3v) is 2.91. The molecule has 0 aliphatic heterocycles. The fraction of sp³-hybridized carbons (Fsp3) is 0.154. The Morgan fingerprint density at radius 1 is 1.19 bits per heavy atom. The highest BCUT2D eigenvalue weighted by molar-refractivity contribution is 5.50. The predicted molar refractivity (Wildman–Crippen MR) is 76.1 cm³/mol. The third-order valence-electron chi connectivity index (χ3n) is 2.91. The SMILES string of the molecule is Cc1cc([N+](=O)[O-])cnc1NCc1ccccc1[N+](=O)[O-]. The normalized spacial score (nSPS) is 10.1. The molecular weight excluding hydrogens is 276 g/mol. The highest BCUT2D eigenvalue weighted by atomic mass is 16.6. The molecule has 0 amide bonds. The number of benzene rings is 1. The van der Waals surface area contributed by atoms with Gasteiger partial charge in [-0.25, -0.2) is 4.98 Å². The molecule has 108 valence electrons. The number of nitrogens with one attached hydrogen (secondary N) is 1. The molecule has 1 heterocycles. The van der Waals surface area contributed by atoms with E-state index in [1.165, 1.54) is 12.1 Å². The summed E-state index contributed by atoms with van der Waals surface area (Å²) in [6.07, 6.45) is 1.15. The summed E-state index contributed by atoms with van der Waals surface area (Å²) in [6, 6.07) is 7.77. The predicted octanol–water partition coefficient (Wildman–Crippen LogP) is 2.82. The number of aryl methyl sites for hydroxylation is 1. The zero-order chi connectivity index (χ0) is 15.4. The summed E-state index contributed by atoms with van der Waals surface area (Å²) in [4.78, 5) is 24.5. The van der Waals surface area contributed by atoms with Gasteiger partial charge >= 0.3 is 0 Å². The van der Waals surface area contributed by atoms with E-state index in [0.717, 1.165) is 6.20 Å². The number of nitro groups is 2. The summed E-state index contributed by atoms with van der Waals surface area (Å²) < 4.78 is 0. The Balaban J connectivity index is 2.17. The summed E-state index contributed by atoms with van der Waals surface area (Å²) in [5.41, 5.74) is 1.04. The van der Waals surface area contributed by atoms with Gasteiger partial charge in [0, 0.05) is 24.2 Å². The van der Waals surface area contributed by atoms with Crippen LogP contribution in [0.25, 0.3) is 0 Å². The first-order chi connectivity index (χ1) is 9.99. The monoisotopic (exact) mass is 288 g/mol. The van der Waals surface area contributed by atoms with Gasteiger partial charge in [0.1, 0.15) is 12.0 Å². The fourth-order valence-corrected chi connectivity index (χ4v) is 1.86. The lowest BCUT2D eigenvalue weighted by molar-refractivity contribution is -0.385.